The summed E-state index contributed by atoms with van der Waals surface area (Å²) >= 11 is 0. The Labute approximate surface area is 211 Å². The summed E-state index contributed by atoms with van der Waals surface area (Å²) in [5, 5.41) is 0. The van der Waals surface area contributed by atoms with E-state index >= 15 is 0 Å². The first-order chi connectivity index (χ1) is 17.7. The lowest BCUT2D eigenvalue weighted by Gasteiger charge is -2.28. The standard InChI is InChI=1S/C27H38O9/c1-4-15-18(30-15)7-12(1)25-28-10-21(33-25)23-24(36-27(35-23)14-3-6-17-20(9-14)32-17)22-11-29-26(34-22)13-2-5-16-19(8-13)31-16/h12-27H,1-11H2. The number of fused-ring (bicyclic) bond motifs is 3. The molecule has 15 atom stereocenters. The average Bonchev–Trinajstić information content (AvgIpc) is 3.84. The Morgan fingerprint density at radius 2 is 0.750 bits per heavy atom. The lowest BCUT2D eigenvalue weighted by Crippen LogP contribution is -2.45. The molecule has 3 saturated carbocycles. The van der Waals surface area contributed by atoms with E-state index < -0.39 is 0 Å². The molecule has 9 heteroatoms. The minimum atomic E-state index is -0.249. The van der Waals surface area contributed by atoms with Crippen LogP contribution in [0.1, 0.15) is 57.8 Å². The van der Waals surface area contributed by atoms with Gasteiger partial charge in [-0.25, -0.2) is 0 Å². The van der Waals surface area contributed by atoms with Crippen LogP contribution in [0, 0.1) is 17.8 Å². The van der Waals surface area contributed by atoms with Gasteiger partial charge in [-0.1, -0.05) is 0 Å². The number of hydrogen-bond acceptors (Lipinski definition) is 9. The van der Waals surface area contributed by atoms with Gasteiger partial charge in [-0.3, -0.25) is 0 Å². The van der Waals surface area contributed by atoms with Gasteiger partial charge in [-0.2, -0.15) is 0 Å². The van der Waals surface area contributed by atoms with E-state index in [1.807, 2.05) is 0 Å². The van der Waals surface area contributed by atoms with Crippen molar-refractivity contribution in [2.45, 2.75) is 138 Å². The molecule has 9 rings (SSSR count). The monoisotopic (exact) mass is 506 g/mol. The SMILES string of the molecule is C1CC2OC2CC1C1OCC(C2OC(C3CCC4OC4C3)OC2C2COC(C3CCC4OC4C3)O2)O1. The molecule has 200 valence electrons. The smallest absolute Gasteiger partial charge is 0.161 e. The van der Waals surface area contributed by atoms with Crippen LogP contribution >= 0.6 is 0 Å². The predicted octanol–water partition coefficient (Wildman–Crippen LogP) is 2.28. The molecule has 6 saturated heterocycles. The molecule has 36 heavy (non-hydrogen) atoms. The largest absolute Gasteiger partial charge is 0.370 e. The summed E-state index contributed by atoms with van der Waals surface area (Å²) in [4.78, 5) is 0. The second-order valence-electron chi connectivity index (χ2n) is 12.7. The predicted molar refractivity (Wildman–Crippen MR) is 121 cm³/mol. The van der Waals surface area contributed by atoms with E-state index in [1.165, 1.54) is 0 Å². The Kier molecular flexibility index (Phi) is 5.34. The Hall–Kier alpha value is -0.360. The van der Waals surface area contributed by atoms with Crippen molar-refractivity contribution in [2.75, 3.05) is 13.2 Å². The van der Waals surface area contributed by atoms with Crippen molar-refractivity contribution in [1.29, 1.82) is 0 Å². The van der Waals surface area contributed by atoms with E-state index in [4.69, 9.17) is 42.6 Å². The summed E-state index contributed by atoms with van der Waals surface area (Å²) < 4.78 is 56.2. The van der Waals surface area contributed by atoms with Crippen molar-refractivity contribution in [3.63, 3.8) is 0 Å². The molecule has 6 heterocycles. The van der Waals surface area contributed by atoms with Gasteiger partial charge >= 0.3 is 0 Å². The normalized spacial score (nSPS) is 61.3. The summed E-state index contributed by atoms with van der Waals surface area (Å²) in [7, 11) is 0. The first-order valence-corrected chi connectivity index (χ1v) is 14.6. The van der Waals surface area contributed by atoms with Crippen molar-refractivity contribution >= 4 is 0 Å². The first-order valence-electron chi connectivity index (χ1n) is 14.6. The van der Waals surface area contributed by atoms with Crippen molar-refractivity contribution in [3.05, 3.63) is 0 Å². The number of rotatable bonds is 5. The molecule has 9 nitrogen and oxygen atoms in total. The molecule has 0 amide bonds. The lowest BCUT2D eigenvalue weighted by atomic mass is 9.89. The van der Waals surface area contributed by atoms with Crippen LogP contribution < -0.4 is 0 Å². The summed E-state index contributed by atoms with van der Waals surface area (Å²) in [6.45, 7) is 1.07. The third-order valence-electron chi connectivity index (χ3n) is 10.4. The summed E-state index contributed by atoms with van der Waals surface area (Å²) in [6.07, 6.45) is 11.0. The zero-order valence-corrected chi connectivity index (χ0v) is 20.7. The quantitative estimate of drug-likeness (QED) is 0.521. The van der Waals surface area contributed by atoms with Crippen LogP contribution in [-0.2, 0) is 42.6 Å². The fourth-order valence-corrected chi connectivity index (χ4v) is 8.08. The molecule has 0 radical (unpaired) electrons. The third-order valence-corrected chi connectivity index (χ3v) is 10.4. The van der Waals surface area contributed by atoms with Crippen LogP contribution in [0.2, 0.25) is 0 Å². The first kappa shape index (κ1) is 22.5. The van der Waals surface area contributed by atoms with Crippen molar-refractivity contribution in [1.82, 2.24) is 0 Å². The molecule has 0 bridgehead atoms. The number of hydrogen-bond donors (Lipinski definition) is 0. The van der Waals surface area contributed by atoms with Gasteiger partial charge in [-0.15, -0.1) is 0 Å². The molecular weight excluding hydrogens is 468 g/mol. The van der Waals surface area contributed by atoms with Crippen LogP contribution in [0.5, 0.6) is 0 Å². The van der Waals surface area contributed by atoms with Crippen LogP contribution in [0.4, 0.5) is 0 Å². The second-order valence-corrected chi connectivity index (χ2v) is 12.7. The van der Waals surface area contributed by atoms with Gasteiger partial charge in [0.2, 0.25) is 0 Å². The van der Waals surface area contributed by atoms with E-state index in [0.717, 1.165) is 57.8 Å². The van der Waals surface area contributed by atoms with Gasteiger partial charge in [0.25, 0.3) is 0 Å². The maximum absolute atomic E-state index is 6.68. The maximum Gasteiger partial charge on any atom is 0.161 e. The van der Waals surface area contributed by atoms with Crippen molar-refractivity contribution in [3.8, 4) is 0 Å². The van der Waals surface area contributed by atoms with Gasteiger partial charge in [0.1, 0.15) is 24.4 Å². The van der Waals surface area contributed by atoms with Gasteiger partial charge in [0.05, 0.1) is 49.8 Å². The molecule has 15 unspecified atom stereocenters. The summed E-state index contributed by atoms with van der Waals surface area (Å²) in [6, 6.07) is 0. The van der Waals surface area contributed by atoms with Crippen molar-refractivity contribution in [2.24, 2.45) is 17.8 Å². The Bertz CT molecular complexity index is 803. The molecular formula is C27H38O9. The summed E-state index contributed by atoms with van der Waals surface area (Å²) in [5.41, 5.74) is 0. The van der Waals surface area contributed by atoms with Gasteiger partial charge in [0.15, 0.2) is 18.9 Å². The topological polar surface area (TPSA) is 93.0 Å². The molecule has 0 aromatic rings. The zero-order valence-electron chi connectivity index (χ0n) is 20.7. The minimum absolute atomic E-state index is 0.158. The van der Waals surface area contributed by atoms with E-state index in [0.29, 0.717) is 67.6 Å². The highest BCUT2D eigenvalue weighted by Gasteiger charge is 2.56. The Balaban J connectivity index is 0.895. The fourth-order valence-electron chi connectivity index (χ4n) is 8.08. The number of ether oxygens (including phenoxy) is 9. The van der Waals surface area contributed by atoms with E-state index in [1.54, 1.807) is 0 Å². The van der Waals surface area contributed by atoms with Crippen LogP contribution in [0.3, 0.4) is 0 Å². The summed E-state index contributed by atoms with van der Waals surface area (Å²) in [5.74, 6) is 1.14. The van der Waals surface area contributed by atoms with Gasteiger partial charge in [-0.05, 0) is 57.8 Å². The van der Waals surface area contributed by atoms with Gasteiger partial charge < -0.3 is 42.6 Å². The van der Waals surface area contributed by atoms with Crippen LogP contribution in [0.25, 0.3) is 0 Å². The molecule has 9 fully saturated rings. The third kappa shape index (κ3) is 4.00. The molecule has 3 aliphatic carbocycles. The fraction of sp³-hybridized carbons (Fsp3) is 1.00. The van der Waals surface area contributed by atoms with Crippen molar-refractivity contribution < 1.29 is 42.6 Å². The molecule has 0 aromatic heterocycles. The minimum Gasteiger partial charge on any atom is -0.370 e. The van der Waals surface area contributed by atoms with E-state index in [-0.39, 0.29) is 43.3 Å². The highest BCUT2D eigenvalue weighted by molar-refractivity contribution is 5.00. The zero-order chi connectivity index (χ0) is 23.4. The average molecular weight is 507 g/mol. The molecule has 6 aliphatic heterocycles. The Morgan fingerprint density at radius 3 is 1.17 bits per heavy atom. The maximum atomic E-state index is 6.68. The molecule has 0 N–H and O–H groups in total. The highest BCUT2D eigenvalue weighted by Crippen LogP contribution is 2.47. The Morgan fingerprint density at radius 1 is 0.333 bits per heavy atom. The van der Waals surface area contributed by atoms with E-state index in [9.17, 15) is 0 Å². The van der Waals surface area contributed by atoms with Crippen LogP contribution in [-0.4, -0.2) is 93.1 Å². The molecule has 0 aromatic carbocycles. The number of epoxide rings is 3. The van der Waals surface area contributed by atoms with Crippen LogP contribution in [0.15, 0.2) is 0 Å². The molecule has 0 spiro atoms. The lowest BCUT2D eigenvalue weighted by molar-refractivity contribution is -0.142. The highest BCUT2D eigenvalue weighted by atomic mass is 16.8. The second kappa shape index (κ2) is 8.57. The molecule has 9 aliphatic rings. The van der Waals surface area contributed by atoms with E-state index in [2.05, 4.69) is 0 Å². The van der Waals surface area contributed by atoms with Gasteiger partial charge in [0, 0.05) is 17.8 Å².